The first-order valence-electron chi connectivity index (χ1n) is 10.1. The number of carbonyl (C=O) groups excluding carboxylic acids is 2. The Morgan fingerprint density at radius 2 is 2.07 bits per heavy atom. The van der Waals surface area contributed by atoms with Crippen LogP contribution < -0.4 is 5.32 Å². The second-order valence-corrected chi connectivity index (χ2v) is 8.04. The zero-order valence-electron chi connectivity index (χ0n) is 17.1. The van der Waals surface area contributed by atoms with Crippen molar-refractivity contribution in [1.82, 2.24) is 15.1 Å². The van der Waals surface area contributed by atoms with Gasteiger partial charge < -0.3 is 15.0 Å². The lowest BCUT2D eigenvalue weighted by Crippen LogP contribution is -2.48. The standard InChI is InChI=1S/C22H31N3O3/c1-16(2)14-24-10-11-28-19(15-24)13-23-22(27)12-21-20-7-5-4-6-18(20)8-9-25(21)17(3)26/h4-9,16,19,21H,10-15H2,1-3H3,(H,23,27). The van der Waals surface area contributed by atoms with Crippen LogP contribution in [-0.4, -0.2) is 60.5 Å². The molecule has 0 radical (unpaired) electrons. The monoisotopic (exact) mass is 385 g/mol. The van der Waals surface area contributed by atoms with Gasteiger partial charge in [0.25, 0.3) is 0 Å². The Bertz CT molecular complexity index is 731. The number of amides is 2. The zero-order chi connectivity index (χ0) is 20.1. The summed E-state index contributed by atoms with van der Waals surface area (Å²) in [5.41, 5.74) is 2.06. The number of nitrogens with zero attached hydrogens (tertiary/aromatic N) is 2. The topological polar surface area (TPSA) is 61.9 Å². The summed E-state index contributed by atoms with van der Waals surface area (Å²) >= 11 is 0. The van der Waals surface area contributed by atoms with E-state index >= 15 is 0 Å². The van der Waals surface area contributed by atoms with Gasteiger partial charge in [-0.05, 0) is 23.1 Å². The number of fused-ring (bicyclic) bond motifs is 1. The van der Waals surface area contributed by atoms with E-state index in [2.05, 4.69) is 24.1 Å². The first kappa shape index (κ1) is 20.6. The number of morpholine rings is 1. The lowest BCUT2D eigenvalue weighted by molar-refractivity contribution is -0.130. The van der Waals surface area contributed by atoms with Crippen molar-refractivity contribution in [3.05, 3.63) is 41.6 Å². The maximum Gasteiger partial charge on any atom is 0.223 e. The summed E-state index contributed by atoms with van der Waals surface area (Å²) in [4.78, 5) is 28.7. The summed E-state index contributed by atoms with van der Waals surface area (Å²) < 4.78 is 5.81. The number of nitrogens with one attached hydrogen (secondary N) is 1. The minimum absolute atomic E-state index is 0.0129. The molecule has 0 spiro atoms. The third kappa shape index (κ3) is 5.20. The van der Waals surface area contributed by atoms with Crippen LogP contribution >= 0.6 is 0 Å². The molecule has 1 fully saturated rings. The fourth-order valence-corrected chi connectivity index (χ4v) is 3.97. The first-order valence-corrected chi connectivity index (χ1v) is 10.1. The molecule has 0 saturated carbocycles. The van der Waals surface area contributed by atoms with E-state index in [1.54, 1.807) is 11.1 Å². The average Bonchev–Trinajstić information content (AvgIpc) is 2.66. The third-order valence-corrected chi connectivity index (χ3v) is 5.22. The Morgan fingerprint density at radius 1 is 1.29 bits per heavy atom. The maximum atomic E-state index is 12.6. The van der Waals surface area contributed by atoms with Gasteiger partial charge in [0, 0.05) is 39.3 Å². The lowest BCUT2D eigenvalue weighted by atomic mass is 9.93. The first-order chi connectivity index (χ1) is 13.4. The Morgan fingerprint density at radius 3 is 2.82 bits per heavy atom. The fraction of sp³-hybridized carbons (Fsp3) is 0.545. The van der Waals surface area contributed by atoms with Gasteiger partial charge in [-0.15, -0.1) is 0 Å². The second kappa shape index (κ2) is 9.34. The Kier molecular flexibility index (Phi) is 6.86. The quantitative estimate of drug-likeness (QED) is 0.817. The van der Waals surface area contributed by atoms with E-state index in [0.717, 1.165) is 30.8 Å². The Balaban J connectivity index is 1.57. The van der Waals surface area contributed by atoms with Crippen LogP contribution in [-0.2, 0) is 14.3 Å². The molecule has 2 aliphatic rings. The van der Waals surface area contributed by atoms with Crippen molar-refractivity contribution in [3.8, 4) is 0 Å². The van der Waals surface area contributed by atoms with Crippen LogP contribution in [0.3, 0.4) is 0 Å². The highest BCUT2D eigenvalue weighted by Crippen LogP contribution is 2.32. The number of benzene rings is 1. The van der Waals surface area contributed by atoms with Gasteiger partial charge in [-0.3, -0.25) is 14.5 Å². The van der Waals surface area contributed by atoms with E-state index in [9.17, 15) is 9.59 Å². The van der Waals surface area contributed by atoms with E-state index in [1.807, 2.05) is 30.3 Å². The summed E-state index contributed by atoms with van der Waals surface area (Å²) in [5.74, 6) is 0.486. The lowest BCUT2D eigenvalue weighted by Gasteiger charge is -2.34. The molecule has 6 heteroatoms. The van der Waals surface area contributed by atoms with Gasteiger partial charge in [0.1, 0.15) is 0 Å². The van der Waals surface area contributed by atoms with Crippen molar-refractivity contribution in [2.75, 3.05) is 32.8 Å². The van der Waals surface area contributed by atoms with Gasteiger partial charge in [0.15, 0.2) is 0 Å². The van der Waals surface area contributed by atoms with Crippen LogP contribution in [0.25, 0.3) is 6.08 Å². The normalized spacial score (nSPS) is 22.2. The van der Waals surface area contributed by atoms with E-state index in [1.165, 1.54) is 6.92 Å². The van der Waals surface area contributed by atoms with E-state index in [4.69, 9.17) is 4.74 Å². The van der Waals surface area contributed by atoms with Crippen LogP contribution in [0.2, 0.25) is 0 Å². The summed E-state index contributed by atoms with van der Waals surface area (Å²) in [5, 5.41) is 3.01. The van der Waals surface area contributed by atoms with E-state index in [-0.39, 0.29) is 30.4 Å². The fourth-order valence-electron chi connectivity index (χ4n) is 3.97. The van der Waals surface area contributed by atoms with Crippen LogP contribution in [0, 0.1) is 5.92 Å². The van der Waals surface area contributed by atoms with Crippen molar-refractivity contribution in [3.63, 3.8) is 0 Å². The highest BCUT2D eigenvalue weighted by atomic mass is 16.5. The predicted molar refractivity (Wildman–Crippen MR) is 109 cm³/mol. The number of carbonyl (C=O) groups is 2. The zero-order valence-corrected chi connectivity index (χ0v) is 17.1. The van der Waals surface area contributed by atoms with Crippen molar-refractivity contribution >= 4 is 17.9 Å². The predicted octanol–water partition coefficient (Wildman–Crippen LogP) is 2.42. The van der Waals surface area contributed by atoms with Gasteiger partial charge in [0.05, 0.1) is 25.2 Å². The molecule has 2 aliphatic heterocycles. The van der Waals surface area contributed by atoms with Gasteiger partial charge in [-0.25, -0.2) is 0 Å². The summed E-state index contributed by atoms with van der Waals surface area (Å²) in [6.45, 7) is 9.99. The molecule has 0 aromatic heterocycles. The number of ether oxygens (including phenoxy) is 1. The minimum Gasteiger partial charge on any atom is -0.374 e. The van der Waals surface area contributed by atoms with E-state index < -0.39 is 0 Å². The second-order valence-electron chi connectivity index (χ2n) is 8.04. The van der Waals surface area contributed by atoms with Crippen molar-refractivity contribution in [1.29, 1.82) is 0 Å². The smallest absolute Gasteiger partial charge is 0.223 e. The molecule has 2 atom stereocenters. The molecule has 1 aromatic rings. The van der Waals surface area contributed by atoms with Crippen molar-refractivity contribution in [2.24, 2.45) is 5.92 Å². The molecular formula is C22H31N3O3. The largest absolute Gasteiger partial charge is 0.374 e. The minimum atomic E-state index is -0.275. The SMILES string of the molecule is CC(=O)N1C=Cc2ccccc2C1CC(=O)NCC1CN(CC(C)C)CCO1. The van der Waals surface area contributed by atoms with E-state index in [0.29, 0.717) is 19.1 Å². The molecule has 28 heavy (non-hydrogen) atoms. The molecule has 0 bridgehead atoms. The molecule has 2 amide bonds. The van der Waals surface area contributed by atoms with Crippen molar-refractivity contribution in [2.45, 2.75) is 39.3 Å². The molecule has 152 valence electrons. The highest BCUT2D eigenvalue weighted by molar-refractivity contribution is 5.81. The highest BCUT2D eigenvalue weighted by Gasteiger charge is 2.28. The van der Waals surface area contributed by atoms with Gasteiger partial charge in [-0.2, -0.15) is 0 Å². The molecule has 1 aromatic carbocycles. The maximum absolute atomic E-state index is 12.6. The van der Waals surface area contributed by atoms with Crippen LogP contribution in [0.4, 0.5) is 0 Å². The molecular weight excluding hydrogens is 354 g/mol. The third-order valence-electron chi connectivity index (χ3n) is 5.22. The number of hydrogen-bond donors (Lipinski definition) is 1. The molecule has 0 aliphatic carbocycles. The molecule has 6 nitrogen and oxygen atoms in total. The molecule has 2 heterocycles. The van der Waals surface area contributed by atoms with Crippen LogP contribution in [0.5, 0.6) is 0 Å². The molecule has 3 rings (SSSR count). The average molecular weight is 386 g/mol. The van der Waals surface area contributed by atoms with Gasteiger partial charge in [-0.1, -0.05) is 38.1 Å². The van der Waals surface area contributed by atoms with Crippen LogP contribution in [0.1, 0.15) is 44.4 Å². The Labute approximate surface area is 167 Å². The van der Waals surface area contributed by atoms with Gasteiger partial charge in [0.2, 0.25) is 11.8 Å². The molecule has 1 N–H and O–H groups in total. The summed E-state index contributed by atoms with van der Waals surface area (Å²) in [6, 6.07) is 7.63. The molecule has 2 unspecified atom stereocenters. The molecule has 1 saturated heterocycles. The number of hydrogen-bond acceptors (Lipinski definition) is 4. The van der Waals surface area contributed by atoms with Gasteiger partial charge >= 0.3 is 0 Å². The van der Waals surface area contributed by atoms with Crippen LogP contribution in [0.15, 0.2) is 30.5 Å². The summed E-state index contributed by atoms with van der Waals surface area (Å²) in [7, 11) is 0. The van der Waals surface area contributed by atoms with Crippen molar-refractivity contribution < 1.29 is 14.3 Å². The Hall–Kier alpha value is -2.18. The number of rotatable bonds is 6. The summed E-state index contributed by atoms with van der Waals surface area (Å²) in [6.07, 6.45) is 3.95.